The zero-order valence-electron chi connectivity index (χ0n) is 17.3. The van der Waals surface area contributed by atoms with E-state index in [1.54, 1.807) is 19.0 Å². The summed E-state index contributed by atoms with van der Waals surface area (Å²) >= 11 is 0. The average molecular weight is 361 g/mol. The number of carbonyl (C=O) groups is 1. The molecule has 0 saturated carbocycles. The maximum Gasteiger partial charge on any atom is 0.316 e. The molecule has 0 radical (unpaired) electrons. The van der Waals surface area contributed by atoms with Crippen molar-refractivity contribution in [2.24, 2.45) is 0 Å². The Morgan fingerprint density at radius 3 is 1.65 bits per heavy atom. The number of unbranched alkanes of at least 4 members (excludes halogenated alkanes) is 5. The summed E-state index contributed by atoms with van der Waals surface area (Å²) in [4.78, 5) is 12.9. The van der Waals surface area contributed by atoms with E-state index in [0.717, 1.165) is 45.1 Å². The summed E-state index contributed by atoms with van der Waals surface area (Å²) in [5, 5.41) is 2.88. The summed E-state index contributed by atoms with van der Waals surface area (Å²) in [7, 11) is 3.52. The van der Waals surface area contributed by atoms with E-state index in [-0.39, 0.29) is 6.03 Å². The summed E-state index contributed by atoms with van der Waals surface area (Å²) in [6.45, 7) is 3.00. The van der Waals surface area contributed by atoms with Crippen LogP contribution in [-0.2, 0) is 0 Å². The quantitative estimate of drug-likeness (QED) is 0.266. The SMILES string of the molecule is CCCCCC=CCC=CCC=CCC=CCCCCNC(=O)N(C)C. The van der Waals surface area contributed by atoms with Gasteiger partial charge in [-0.2, -0.15) is 0 Å². The molecule has 2 amide bonds. The minimum absolute atomic E-state index is 0.0114. The molecule has 0 rings (SSSR count). The largest absolute Gasteiger partial charge is 0.338 e. The topological polar surface area (TPSA) is 32.3 Å². The van der Waals surface area contributed by atoms with Crippen molar-refractivity contribution in [2.45, 2.75) is 71.1 Å². The zero-order chi connectivity index (χ0) is 19.3. The summed E-state index contributed by atoms with van der Waals surface area (Å²) in [5.74, 6) is 0. The van der Waals surface area contributed by atoms with Crippen molar-refractivity contribution < 1.29 is 4.79 Å². The number of hydrogen-bond donors (Lipinski definition) is 1. The van der Waals surface area contributed by atoms with Crippen LogP contribution in [0.15, 0.2) is 48.6 Å². The van der Waals surface area contributed by atoms with Crippen LogP contribution in [-0.4, -0.2) is 31.6 Å². The second kappa shape index (κ2) is 19.6. The Bertz CT molecular complexity index is 433. The minimum Gasteiger partial charge on any atom is -0.338 e. The van der Waals surface area contributed by atoms with Gasteiger partial charge in [-0.1, -0.05) is 68.4 Å². The van der Waals surface area contributed by atoms with E-state index in [1.807, 2.05) is 0 Å². The van der Waals surface area contributed by atoms with Gasteiger partial charge in [-0.15, -0.1) is 0 Å². The van der Waals surface area contributed by atoms with Crippen LogP contribution in [0.4, 0.5) is 4.79 Å². The Labute approximate surface area is 161 Å². The molecule has 0 aliphatic heterocycles. The first-order valence-electron chi connectivity index (χ1n) is 10.2. The summed E-state index contributed by atoms with van der Waals surface area (Å²) in [5.41, 5.74) is 0. The van der Waals surface area contributed by atoms with Crippen molar-refractivity contribution in [2.75, 3.05) is 20.6 Å². The average Bonchev–Trinajstić information content (AvgIpc) is 2.63. The van der Waals surface area contributed by atoms with Crippen molar-refractivity contribution in [1.82, 2.24) is 10.2 Å². The maximum atomic E-state index is 11.3. The highest BCUT2D eigenvalue weighted by atomic mass is 16.2. The minimum atomic E-state index is -0.0114. The molecule has 1 N–H and O–H groups in total. The number of amides is 2. The van der Waals surface area contributed by atoms with E-state index in [4.69, 9.17) is 0 Å². The fourth-order valence-corrected chi connectivity index (χ4v) is 2.30. The number of allylic oxidation sites excluding steroid dienone is 8. The lowest BCUT2D eigenvalue weighted by atomic mass is 10.2. The second-order valence-corrected chi connectivity index (χ2v) is 6.71. The van der Waals surface area contributed by atoms with Gasteiger partial charge < -0.3 is 10.2 Å². The van der Waals surface area contributed by atoms with Gasteiger partial charge in [0.1, 0.15) is 0 Å². The summed E-state index contributed by atoms with van der Waals surface area (Å²) in [6.07, 6.45) is 29.4. The van der Waals surface area contributed by atoms with Crippen LogP contribution in [0.2, 0.25) is 0 Å². The van der Waals surface area contributed by atoms with Gasteiger partial charge in [0.25, 0.3) is 0 Å². The lowest BCUT2D eigenvalue weighted by molar-refractivity contribution is 0.217. The lowest BCUT2D eigenvalue weighted by Crippen LogP contribution is -2.34. The molecule has 0 saturated heterocycles. The van der Waals surface area contributed by atoms with Gasteiger partial charge in [0.15, 0.2) is 0 Å². The van der Waals surface area contributed by atoms with E-state index in [0.29, 0.717) is 0 Å². The Kier molecular flexibility index (Phi) is 18.2. The molecule has 0 atom stereocenters. The molecule has 26 heavy (non-hydrogen) atoms. The third kappa shape index (κ3) is 18.6. The number of nitrogens with zero attached hydrogens (tertiary/aromatic N) is 1. The zero-order valence-corrected chi connectivity index (χ0v) is 17.3. The molecule has 0 spiro atoms. The maximum absolute atomic E-state index is 11.3. The van der Waals surface area contributed by atoms with Crippen molar-refractivity contribution >= 4 is 6.03 Å². The molecule has 3 nitrogen and oxygen atoms in total. The van der Waals surface area contributed by atoms with Gasteiger partial charge in [-0.05, 0) is 51.4 Å². The molecule has 0 fully saturated rings. The summed E-state index contributed by atoms with van der Waals surface area (Å²) in [6, 6.07) is -0.0114. The molecule has 0 heterocycles. The van der Waals surface area contributed by atoms with Gasteiger partial charge in [0.05, 0.1) is 0 Å². The van der Waals surface area contributed by atoms with E-state index in [9.17, 15) is 4.79 Å². The van der Waals surface area contributed by atoms with Crippen LogP contribution < -0.4 is 5.32 Å². The molecule has 0 aromatic rings. The van der Waals surface area contributed by atoms with Crippen LogP contribution in [0.5, 0.6) is 0 Å². The molecule has 0 aromatic heterocycles. The highest BCUT2D eigenvalue weighted by Crippen LogP contribution is 2.01. The lowest BCUT2D eigenvalue weighted by Gasteiger charge is -2.11. The van der Waals surface area contributed by atoms with Crippen LogP contribution >= 0.6 is 0 Å². The first-order chi connectivity index (χ1) is 12.7. The third-order valence-electron chi connectivity index (χ3n) is 3.94. The molecule has 0 aliphatic carbocycles. The number of nitrogens with one attached hydrogen (secondary N) is 1. The van der Waals surface area contributed by atoms with Crippen molar-refractivity contribution in [3.63, 3.8) is 0 Å². The number of hydrogen-bond acceptors (Lipinski definition) is 1. The van der Waals surface area contributed by atoms with Gasteiger partial charge in [-0.25, -0.2) is 4.79 Å². The molecule has 0 aliphatic rings. The van der Waals surface area contributed by atoms with Crippen LogP contribution in [0, 0.1) is 0 Å². The van der Waals surface area contributed by atoms with E-state index in [1.165, 1.54) is 25.7 Å². The van der Waals surface area contributed by atoms with Gasteiger partial charge >= 0.3 is 6.03 Å². The number of urea groups is 1. The first-order valence-corrected chi connectivity index (χ1v) is 10.2. The number of rotatable bonds is 15. The Morgan fingerprint density at radius 1 is 0.731 bits per heavy atom. The van der Waals surface area contributed by atoms with E-state index < -0.39 is 0 Å². The molecule has 0 aromatic carbocycles. The smallest absolute Gasteiger partial charge is 0.316 e. The van der Waals surface area contributed by atoms with Crippen LogP contribution in [0.3, 0.4) is 0 Å². The highest BCUT2D eigenvalue weighted by Gasteiger charge is 1.99. The second-order valence-electron chi connectivity index (χ2n) is 6.71. The number of carbonyl (C=O) groups excluding carboxylic acids is 1. The van der Waals surface area contributed by atoms with Crippen molar-refractivity contribution in [1.29, 1.82) is 0 Å². The van der Waals surface area contributed by atoms with E-state index in [2.05, 4.69) is 60.8 Å². The fraction of sp³-hybridized carbons (Fsp3) is 0.609. The standard InChI is InChI=1S/C23H40N2O/c1-4-5-6-7-8-9-10-11-12-13-14-15-16-17-18-19-20-21-22-24-23(26)25(2)3/h8-9,11-12,14-15,17-18H,4-7,10,13,16,19-22H2,1-3H3,(H,24,26). The molecular weight excluding hydrogens is 320 g/mol. The van der Waals surface area contributed by atoms with Crippen LogP contribution in [0.25, 0.3) is 0 Å². The van der Waals surface area contributed by atoms with E-state index >= 15 is 0 Å². The van der Waals surface area contributed by atoms with Gasteiger partial charge in [0, 0.05) is 20.6 Å². The molecule has 0 unspecified atom stereocenters. The summed E-state index contributed by atoms with van der Waals surface area (Å²) < 4.78 is 0. The van der Waals surface area contributed by atoms with Gasteiger partial charge in [-0.3, -0.25) is 0 Å². The fourth-order valence-electron chi connectivity index (χ4n) is 2.30. The molecular formula is C23H40N2O. The Hall–Kier alpha value is -1.77. The Morgan fingerprint density at radius 2 is 1.19 bits per heavy atom. The highest BCUT2D eigenvalue weighted by molar-refractivity contribution is 5.73. The molecule has 148 valence electrons. The van der Waals surface area contributed by atoms with Crippen LogP contribution in [0.1, 0.15) is 71.1 Å². The normalized spacial score (nSPS) is 12.1. The van der Waals surface area contributed by atoms with Crippen molar-refractivity contribution in [3.8, 4) is 0 Å². The third-order valence-corrected chi connectivity index (χ3v) is 3.94. The first kappa shape index (κ1) is 24.2. The Balaban J connectivity index is 3.42. The molecule has 3 heteroatoms. The molecule has 0 bridgehead atoms. The van der Waals surface area contributed by atoms with Gasteiger partial charge in [0.2, 0.25) is 0 Å². The predicted octanol–water partition coefficient (Wildman–Crippen LogP) is 6.40. The monoisotopic (exact) mass is 360 g/mol. The predicted molar refractivity (Wildman–Crippen MR) is 115 cm³/mol. The van der Waals surface area contributed by atoms with Crippen molar-refractivity contribution in [3.05, 3.63) is 48.6 Å².